The minimum absolute atomic E-state index is 0.00246. The largest absolute Gasteiger partial charge is 0.462 e. The van der Waals surface area contributed by atoms with E-state index in [4.69, 9.17) is 28.4 Å². The molecule has 0 N–H and O–H groups in total. The molecule has 0 fully saturated rings. The fourth-order valence-corrected chi connectivity index (χ4v) is 3.58. The quantitative estimate of drug-likeness (QED) is 0.0693. The van der Waals surface area contributed by atoms with Gasteiger partial charge in [0.2, 0.25) is 0 Å². The van der Waals surface area contributed by atoms with Crippen molar-refractivity contribution < 1.29 is 57.2 Å². The van der Waals surface area contributed by atoms with Gasteiger partial charge in [0.05, 0.1) is 37.6 Å². The van der Waals surface area contributed by atoms with Gasteiger partial charge >= 0.3 is 35.8 Å². The smallest absolute Gasteiger partial charge is 0.330 e. The summed E-state index contributed by atoms with van der Waals surface area (Å²) in [4.78, 5) is 80.1. The lowest BCUT2D eigenvalue weighted by molar-refractivity contribution is -0.151. The van der Waals surface area contributed by atoms with Crippen LogP contribution >= 0.6 is 0 Å². The van der Waals surface area contributed by atoms with E-state index < -0.39 is 35.8 Å². The van der Waals surface area contributed by atoms with E-state index in [1.54, 1.807) is 12.1 Å². The van der Waals surface area contributed by atoms with Crippen molar-refractivity contribution in [2.45, 2.75) is 25.7 Å². The van der Waals surface area contributed by atoms with Gasteiger partial charge in [0.1, 0.15) is 37.5 Å². The first kappa shape index (κ1) is 34.6. The molecule has 3 aromatic rings. The van der Waals surface area contributed by atoms with Crippen LogP contribution in [0.5, 0.6) is 11.5 Å². The van der Waals surface area contributed by atoms with Gasteiger partial charge in [0, 0.05) is 17.7 Å². The molecule has 3 rings (SSSR count). The van der Waals surface area contributed by atoms with Crippen LogP contribution in [-0.2, 0) is 47.7 Å². The van der Waals surface area contributed by atoms with Gasteiger partial charge in [0.25, 0.3) is 0 Å². The maximum absolute atomic E-state index is 12.6. The number of benzene rings is 2. The second-order valence-corrected chi connectivity index (χ2v) is 9.01. The topological polar surface area (TPSA) is 184 Å². The van der Waals surface area contributed by atoms with Crippen LogP contribution in [0.3, 0.4) is 0 Å². The number of carbonyl (C=O) groups is 6. The molecule has 0 aliphatic carbocycles. The highest BCUT2D eigenvalue weighted by Crippen LogP contribution is 2.33. The summed E-state index contributed by atoms with van der Waals surface area (Å²) >= 11 is 0. The van der Waals surface area contributed by atoms with Gasteiger partial charge in [-0.25, -0.2) is 19.6 Å². The van der Waals surface area contributed by atoms with Crippen molar-refractivity contribution in [3.63, 3.8) is 0 Å². The third-order valence-electron chi connectivity index (χ3n) is 5.72. The molecule has 14 heteroatoms. The number of carbonyl (C=O) groups excluding carboxylic acids is 6. The molecule has 0 aliphatic rings. The molecule has 0 bridgehead atoms. The minimum atomic E-state index is -0.772. The highest BCUT2D eigenvalue weighted by atomic mass is 16.6. The van der Waals surface area contributed by atoms with Crippen molar-refractivity contribution in [3.8, 4) is 22.8 Å². The molecule has 240 valence electrons. The maximum atomic E-state index is 12.6. The van der Waals surface area contributed by atoms with Crippen LogP contribution in [0, 0.1) is 0 Å². The lowest BCUT2D eigenvalue weighted by atomic mass is 10.1. The predicted octanol–water partition coefficient (Wildman–Crippen LogP) is 3.21. The average molecular weight is 635 g/mol. The molecule has 0 amide bonds. The van der Waals surface area contributed by atoms with Crippen LogP contribution in [-0.4, -0.2) is 72.2 Å². The Kier molecular flexibility index (Phi) is 13.5. The van der Waals surface area contributed by atoms with Gasteiger partial charge in [-0.15, -0.1) is 0 Å². The number of nitrogens with zero attached hydrogens (tertiary/aromatic N) is 2. The lowest BCUT2D eigenvalue weighted by Gasteiger charge is -2.12. The van der Waals surface area contributed by atoms with Crippen molar-refractivity contribution in [3.05, 3.63) is 74.0 Å². The van der Waals surface area contributed by atoms with Crippen LogP contribution in [0.25, 0.3) is 22.3 Å². The molecule has 1 aromatic heterocycles. The van der Waals surface area contributed by atoms with E-state index in [0.29, 0.717) is 5.69 Å². The van der Waals surface area contributed by atoms with Crippen LogP contribution < -0.4 is 9.47 Å². The van der Waals surface area contributed by atoms with Gasteiger partial charge in [-0.2, -0.15) is 0 Å². The zero-order valence-corrected chi connectivity index (χ0v) is 24.6. The van der Waals surface area contributed by atoms with E-state index in [1.165, 1.54) is 18.3 Å². The lowest BCUT2D eigenvalue weighted by Crippen LogP contribution is -2.16. The van der Waals surface area contributed by atoms with Gasteiger partial charge in [0.15, 0.2) is 11.5 Å². The van der Waals surface area contributed by atoms with Crippen molar-refractivity contribution in [2.24, 2.45) is 0 Å². The number of aromatic nitrogens is 2. The molecule has 1 heterocycles. The molecule has 46 heavy (non-hydrogen) atoms. The SMILES string of the molecule is C=CC(=O)OCCOC(=O)CCC(=O)Oc1ccc(OC(=O)CCC(=O)OCCOC(=O)C=C)c2nc(-c3ccccc3)cnc12. The molecule has 0 spiro atoms. The van der Waals surface area contributed by atoms with E-state index in [0.717, 1.165) is 17.7 Å². The van der Waals surface area contributed by atoms with Crippen LogP contribution in [0.1, 0.15) is 25.7 Å². The molecule has 0 saturated carbocycles. The average Bonchev–Trinajstić information content (AvgIpc) is 3.07. The zero-order valence-electron chi connectivity index (χ0n) is 24.6. The highest BCUT2D eigenvalue weighted by Gasteiger charge is 2.19. The summed E-state index contributed by atoms with van der Waals surface area (Å²) in [7, 11) is 0. The second-order valence-electron chi connectivity index (χ2n) is 9.01. The number of fused-ring (bicyclic) bond motifs is 1. The van der Waals surface area contributed by atoms with Crippen LogP contribution in [0.4, 0.5) is 0 Å². The number of esters is 6. The van der Waals surface area contributed by atoms with E-state index in [-0.39, 0.29) is 74.6 Å². The van der Waals surface area contributed by atoms with Crippen molar-refractivity contribution >= 4 is 46.8 Å². The second kappa shape index (κ2) is 18.0. The Bertz CT molecular complexity index is 1600. The maximum Gasteiger partial charge on any atom is 0.330 e. The summed E-state index contributed by atoms with van der Waals surface area (Å²) in [6.45, 7) is 5.80. The fourth-order valence-electron chi connectivity index (χ4n) is 3.58. The molecule has 0 unspecified atom stereocenters. The Morgan fingerprint density at radius 2 is 1.04 bits per heavy atom. The Balaban J connectivity index is 1.66. The molecular weight excluding hydrogens is 604 g/mol. The number of hydrogen-bond donors (Lipinski definition) is 0. The van der Waals surface area contributed by atoms with Crippen LogP contribution in [0.2, 0.25) is 0 Å². The van der Waals surface area contributed by atoms with E-state index >= 15 is 0 Å². The minimum Gasteiger partial charge on any atom is -0.462 e. The first-order valence-electron chi connectivity index (χ1n) is 13.9. The molecule has 0 aliphatic heterocycles. The normalized spacial score (nSPS) is 10.3. The highest BCUT2D eigenvalue weighted by molar-refractivity contribution is 5.92. The summed E-state index contributed by atoms with van der Waals surface area (Å²) in [6.07, 6.45) is 2.15. The first-order chi connectivity index (χ1) is 22.2. The van der Waals surface area contributed by atoms with E-state index in [9.17, 15) is 28.8 Å². The molecular formula is C32H30N2O12. The van der Waals surface area contributed by atoms with Gasteiger partial charge in [-0.3, -0.25) is 19.2 Å². The summed E-state index contributed by atoms with van der Waals surface area (Å²) in [5, 5.41) is 0. The molecule has 0 atom stereocenters. The van der Waals surface area contributed by atoms with Crippen LogP contribution in [0.15, 0.2) is 74.0 Å². The van der Waals surface area contributed by atoms with Crippen molar-refractivity contribution in [1.82, 2.24) is 9.97 Å². The van der Waals surface area contributed by atoms with Crippen molar-refractivity contribution in [2.75, 3.05) is 26.4 Å². The van der Waals surface area contributed by atoms with E-state index in [2.05, 4.69) is 23.1 Å². The standard InChI is InChI=1S/C32H30N2O12/c1-3-25(35)41-16-18-43-27(37)12-14-29(39)45-23-10-11-24(32-31(23)33-20-22(34-32)21-8-6-5-7-9-21)46-30(40)15-13-28(38)44-19-17-42-26(36)4-2/h3-11,20H,1-2,12-19H2. The number of ether oxygens (including phenoxy) is 6. The molecule has 14 nitrogen and oxygen atoms in total. The number of rotatable bonds is 17. The Morgan fingerprint density at radius 3 is 1.54 bits per heavy atom. The molecule has 0 saturated heterocycles. The Hall–Kier alpha value is -5.92. The summed E-state index contributed by atoms with van der Waals surface area (Å²) in [6, 6.07) is 11.8. The van der Waals surface area contributed by atoms with E-state index in [1.807, 2.05) is 18.2 Å². The Morgan fingerprint density at radius 1 is 0.587 bits per heavy atom. The monoisotopic (exact) mass is 634 g/mol. The van der Waals surface area contributed by atoms with Gasteiger partial charge in [-0.1, -0.05) is 43.5 Å². The zero-order chi connectivity index (χ0) is 33.3. The summed E-state index contributed by atoms with van der Waals surface area (Å²) in [5.74, 6) is -4.27. The number of hydrogen-bond acceptors (Lipinski definition) is 14. The first-order valence-corrected chi connectivity index (χ1v) is 13.9. The third-order valence-corrected chi connectivity index (χ3v) is 5.72. The molecule has 0 radical (unpaired) electrons. The van der Waals surface area contributed by atoms with Gasteiger partial charge < -0.3 is 28.4 Å². The van der Waals surface area contributed by atoms with Gasteiger partial charge in [-0.05, 0) is 12.1 Å². The van der Waals surface area contributed by atoms with Crippen molar-refractivity contribution in [1.29, 1.82) is 0 Å². The summed E-state index contributed by atoms with van der Waals surface area (Å²) in [5.41, 5.74) is 1.35. The Labute approximate surface area is 262 Å². The predicted molar refractivity (Wildman–Crippen MR) is 159 cm³/mol. The summed E-state index contributed by atoms with van der Waals surface area (Å²) < 4.78 is 30.2. The fraction of sp³-hybridized carbons (Fsp3) is 0.250. The third kappa shape index (κ3) is 11.3. The molecule has 2 aromatic carbocycles.